The summed E-state index contributed by atoms with van der Waals surface area (Å²) in [6.07, 6.45) is 17.3. The molecule has 1 atom stereocenters. The Labute approximate surface area is 175 Å². The van der Waals surface area contributed by atoms with Gasteiger partial charge in [0.25, 0.3) is 0 Å². The van der Waals surface area contributed by atoms with Gasteiger partial charge in [-0.2, -0.15) is 0 Å². The third-order valence-electron chi connectivity index (χ3n) is 5.71. The van der Waals surface area contributed by atoms with Gasteiger partial charge in [-0.1, -0.05) is 77.0 Å². The van der Waals surface area contributed by atoms with E-state index < -0.39 is 18.6 Å². The second-order valence-corrected chi connectivity index (χ2v) is 8.20. The standard InChI is InChI=1S/C23H38NO5/c25-18-17-20-21(26)15-13-11-9-7-5-3-1-2-4-6-8-10-12-14-16-22(27)24(20)19-23(28)29/h20H,1-17,19H2,(H,28,29)/t20-/m0/s1. The summed E-state index contributed by atoms with van der Waals surface area (Å²) in [4.78, 5) is 48.6. The lowest BCUT2D eigenvalue weighted by Gasteiger charge is -2.28. The van der Waals surface area contributed by atoms with Gasteiger partial charge in [-0.05, 0) is 12.8 Å². The lowest BCUT2D eigenvalue weighted by Crippen LogP contribution is -2.47. The summed E-state index contributed by atoms with van der Waals surface area (Å²) in [5.41, 5.74) is 0. The molecule has 1 heterocycles. The second-order valence-electron chi connectivity index (χ2n) is 8.20. The van der Waals surface area contributed by atoms with E-state index in [9.17, 15) is 24.3 Å². The fraction of sp³-hybridized carbons (Fsp3) is 0.826. The number of hydrogen-bond donors (Lipinski definition) is 1. The Morgan fingerprint density at radius 2 is 1.21 bits per heavy atom. The summed E-state index contributed by atoms with van der Waals surface area (Å²) in [7, 11) is 0. The molecule has 0 bridgehead atoms. The summed E-state index contributed by atoms with van der Waals surface area (Å²) < 4.78 is 0. The van der Waals surface area contributed by atoms with Crippen LogP contribution in [0.25, 0.3) is 0 Å². The maximum atomic E-state index is 12.7. The van der Waals surface area contributed by atoms with Crippen molar-refractivity contribution in [3.63, 3.8) is 0 Å². The van der Waals surface area contributed by atoms with Crippen LogP contribution in [0.15, 0.2) is 0 Å². The zero-order valence-corrected chi connectivity index (χ0v) is 17.8. The topological polar surface area (TPSA) is 91.8 Å². The largest absolute Gasteiger partial charge is 0.480 e. The predicted molar refractivity (Wildman–Crippen MR) is 112 cm³/mol. The van der Waals surface area contributed by atoms with E-state index >= 15 is 0 Å². The Balaban J connectivity index is 2.73. The summed E-state index contributed by atoms with van der Waals surface area (Å²) >= 11 is 0. The van der Waals surface area contributed by atoms with E-state index in [0.29, 0.717) is 12.8 Å². The zero-order chi connectivity index (χ0) is 21.3. The average Bonchev–Trinajstić information content (AvgIpc) is 2.69. The van der Waals surface area contributed by atoms with Gasteiger partial charge in [0.05, 0.1) is 6.04 Å². The highest BCUT2D eigenvalue weighted by atomic mass is 16.4. The first-order valence-electron chi connectivity index (χ1n) is 11.4. The summed E-state index contributed by atoms with van der Waals surface area (Å²) in [5, 5.41) is 9.20. The molecule has 0 unspecified atom stereocenters. The quantitative estimate of drug-likeness (QED) is 0.734. The number of carboxylic acids is 1. The van der Waals surface area contributed by atoms with Gasteiger partial charge in [-0.3, -0.25) is 19.2 Å². The fourth-order valence-electron chi connectivity index (χ4n) is 4.00. The zero-order valence-electron chi connectivity index (χ0n) is 17.8. The molecule has 1 amide bonds. The van der Waals surface area contributed by atoms with Gasteiger partial charge in [0.15, 0.2) is 5.78 Å². The molecule has 0 aromatic heterocycles. The molecule has 0 aromatic rings. The number of nitrogens with zero attached hydrogens (tertiary/aromatic N) is 1. The van der Waals surface area contributed by atoms with Crippen LogP contribution in [0.1, 0.15) is 109 Å². The van der Waals surface area contributed by atoms with E-state index in [1.165, 1.54) is 44.9 Å². The number of carbonyl (C=O) groups is 3. The van der Waals surface area contributed by atoms with Crippen molar-refractivity contribution in [1.29, 1.82) is 0 Å². The van der Waals surface area contributed by atoms with Gasteiger partial charge < -0.3 is 10.0 Å². The number of Topliss-reactive ketones (excluding diaryl/α,β-unsaturated/α-hetero) is 1. The van der Waals surface area contributed by atoms with Crippen molar-refractivity contribution in [2.75, 3.05) is 6.54 Å². The van der Waals surface area contributed by atoms with Crippen LogP contribution in [-0.2, 0) is 19.2 Å². The van der Waals surface area contributed by atoms with E-state index in [0.717, 1.165) is 37.0 Å². The molecule has 1 radical (unpaired) electrons. The van der Waals surface area contributed by atoms with Gasteiger partial charge in [0.1, 0.15) is 6.54 Å². The number of rotatable bonds is 4. The molecule has 1 aliphatic rings. The molecule has 165 valence electrons. The number of carboxylic acid groups (broad SMARTS) is 1. The molecule has 0 saturated carbocycles. The van der Waals surface area contributed by atoms with Crippen LogP contribution in [0.4, 0.5) is 0 Å². The van der Waals surface area contributed by atoms with E-state index in [1.807, 2.05) is 0 Å². The molecule has 0 aliphatic carbocycles. The van der Waals surface area contributed by atoms with Crippen LogP contribution in [0.2, 0.25) is 0 Å². The molecule has 1 saturated heterocycles. The van der Waals surface area contributed by atoms with E-state index in [2.05, 4.69) is 0 Å². The van der Waals surface area contributed by atoms with Gasteiger partial charge >= 0.3 is 5.97 Å². The third-order valence-corrected chi connectivity index (χ3v) is 5.71. The van der Waals surface area contributed by atoms with Crippen molar-refractivity contribution in [2.45, 2.75) is 115 Å². The lowest BCUT2D eigenvalue weighted by atomic mass is 9.99. The molecule has 0 aromatic carbocycles. The number of ketones is 1. The first-order chi connectivity index (χ1) is 14.1. The maximum Gasteiger partial charge on any atom is 0.323 e. The SMILES string of the molecule is O=[C]C[C@H]1C(=O)CCCCCCCCCCCCCCCCC(=O)N1CC(=O)O. The van der Waals surface area contributed by atoms with Crippen LogP contribution in [0, 0.1) is 0 Å². The molecule has 29 heavy (non-hydrogen) atoms. The molecule has 6 nitrogen and oxygen atoms in total. The Kier molecular flexibility index (Phi) is 14.1. The number of carbonyl (C=O) groups excluding carboxylic acids is 3. The summed E-state index contributed by atoms with van der Waals surface area (Å²) in [6.45, 7) is -0.545. The Morgan fingerprint density at radius 3 is 1.62 bits per heavy atom. The van der Waals surface area contributed by atoms with Crippen molar-refractivity contribution >= 4 is 23.9 Å². The van der Waals surface area contributed by atoms with Crippen molar-refractivity contribution < 1.29 is 24.3 Å². The minimum atomic E-state index is -1.17. The lowest BCUT2D eigenvalue weighted by molar-refractivity contribution is -0.148. The van der Waals surface area contributed by atoms with Gasteiger partial charge in [-0.15, -0.1) is 0 Å². The van der Waals surface area contributed by atoms with Crippen LogP contribution in [0.3, 0.4) is 0 Å². The van der Waals surface area contributed by atoms with Gasteiger partial charge in [-0.25, -0.2) is 0 Å². The molecule has 1 fully saturated rings. The molecular formula is C23H38NO5. The van der Waals surface area contributed by atoms with Crippen molar-refractivity contribution in [3.8, 4) is 0 Å². The Morgan fingerprint density at radius 1 is 0.793 bits per heavy atom. The predicted octanol–water partition coefficient (Wildman–Crippen LogP) is 4.59. The third kappa shape index (κ3) is 11.8. The highest BCUT2D eigenvalue weighted by Gasteiger charge is 2.30. The molecule has 1 aliphatic heterocycles. The van der Waals surface area contributed by atoms with Crippen LogP contribution in [-0.4, -0.2) is 46.5 Å². The number of amides is 1. The average molecular weight is 409 g/mol. The van der Waals surface area contributed by atoms with Gasteiger partial charge in [0.2, 0.25) is 12.2 Å². The summed E-state index contributed by atoms with van der Waals surface area (Å²) in [6, 6.07) is -0.998. The molecular weight excluding hydrogens is 370 g/mol. The molecule has 0 spiro atoms. The number of hydrogen-bond acceptors (Lipinski definition) is 4. The highest BCUT2D eigenvalue weighted by molar-refractivity contribution is 5.92. The van der Waals surface area contributed by atoms with Crippen molar-refractivity contribution in [1.82, 2.24) is 4.90 Å². The van der Waals surface area contributed by atoms with E-state index in [1.54, 1.807) is 6.29 Å². The monoisotopic (exact) mass is 408 g/mol. The fourth-order valence-corrected chi connectivity index (χ4v) is 4.00. The number of aliphatic carboxylic acids is 1. The van der Waals surface area contributed by atoms with Crippen LogP contribution < -0.4 is 0 Å². The van der Waals surface area contributed by atoms with E-state index in [4.69, 9.17) is 0 Å². The minimum Gasteiger partial charge on any atom is -0.480 e. The Hall–Kier alpha value is -1.72. The molecule has 6 heteroatoms. The van der Waals surface area contributed by atoms with Crippen molar-refractivity contribution in [2.24, 2.45) is 0 Å². The normalized spacial score (nSPS) is 22.8. The first-order valence-corrected chi connectivity index (χ1v) is 11.4. The van der Waals surface area contributed by atoms with E-state index in [-0.39, 0.29) is 31.0 Å². The van der Waals surface area contributed by atoms with Crippen LogP contribution >= 0.6 is 0 Å². The van der Waals surface area contributed by atoms with Crippen LogP contribution in [0.5, 0.6) is 0 Å². The Bertz CT molecular complexity index is 505. The minimum absolute atomic E-state index is 0.218. The summed E-state index contributed by atoms with van der Waals surface area (Å²) in [5.74, 6) is -1.75. The molecule has 1 rings (SSSR count). The highest BCUT2D eigenvalue weighted by Crippen LogP contribution is 2.17. The first kappa shape index (κ1) is 25.3. The van der Waals surface area contributed by atoms with Crippen molar-refractivity contribution in [3.05, 3.63) is 0 Å². The maximum absolute atomic E-state index is 12.7. The van der Waals surface area contributed by atoms with Gasteiger partial charge in [0, 0.05) is 19.3 Å². The second kappa shape index (κ2) is 16.1. The molecule has 1 N–H and O–H groups in total. The smallest absolute Gasteiger partial charge is 0.323 e.